The SMILES string of the molecule is CCOC(=O)c1cn(/C(=C/c2cccnc2)C(=O)OC)c2cc(Cl)c(F)cc2c1=O. The second-order valence-corrected chi connectivity index (χ2v) is 6.46. The fraction of sp³-hybridized carbons (Fsp3) is 0.143. The van der Waals surface area contributed by atoms with Gasteiger partial charge in [0.25, 0.3) is 0 Å². The van der Waals surface area contributed by atoms with Crippen LogP contribution in [0.2, 0.25) is 5.02 Å². The minimum Gasteiger partial charge on any atom is -0.464 e. The molecule has 0 atom stereocenters. The molecule has 0 fully saturated rings. The molecule has 0 N–H and O–H groups in total. The Morgan fingerprint density at radius 3 is 2.73 bits per heavy atom. The molecule has 0 saturated heterocycles. The van der Waals surface area contributed by atoms with Crippen LogP contribution in [0.4, 0.5) is 4.39 Å². The van der Waals surface area contributed by atoms with Crippen molar-refractivity contribution in [3.8, 4) is 0 Å². The molecule has 0 aliphatic carbocycles. The molecule has 0 spiro atoms. The number of hydrogen-bond acceptors (Lipinski definition) is 6. The monoisotopic (exact) mass is 430 g/mol. The van der Waals surface area contributed by atoms with Crippen LogP contribution in [0.3, 0.4) is 0 Å². The number of methoxy groups -OCH3 is 1. The Bertz CT molecular complexity index is 1220. The number of halogens is 2. The van der Waals surface area contributed by atoms with E-state index in [1.54, 1.807) is 25.3 Å². The third-order valence-electron chi connectivity index (χ3n) is 4.18. The Kier molecular flexibility index (Phi) is 6.27. The second-order valence-electron chi connectivity index (χ2n) is 6.05. The number of carbonyl (C=O) groups excluding carboxylic acids is 2. The highest BCUT2D eigenvalue weighted by Gasteiger charge is 2.22. The molecule has 2 heterocycles. The van der Waals surface area contributed by atoms with Gasteiger partial charge in [0.2, 0.25) is 5.43 Å². The van der Waals surface area contributed by atoms with Crippen molar-refractivity contribution in [2.45, 2.75) is 6.92 Å². The highest BCUT2D eigenvalue weighted by Crippen LogP contribution is 2.25. The number of hydrogen-bond donors (Lipinski definition) is 0. The smallest absolute Gasteiger partial charge is 0.355 e. The van der Waals surface area contributed by atoms with Crippen LogP contribution in [0, 0.1) is 5.82 Å². The number of ether oxygens (including phenoxy) is 2. The summed E-state index contributed by atoms with van der Waals surface area (Å²) in [4.78, 5) is 41.7. The molecule has 0 aliphatic rings. The Morgan fingerprint density at radius 1 is 1.33 bits per heavy atom. The molecule has 1 aromatic carbocycles. The van der Waals surface area contributed by atoms with Crippen LogP contribution in [0.1, 0.15) is 22.8 Å². The summed E-state index contributed by atoms with van der Waals surface area (Å²) in [5.41, 5.74) is -0.507. The molecular weight excluding hydrogens is 415 g/mol. The summed E-state index contributed by atoms with van der Waals surface area (Å²) in [5.74, 6) is -2.51. The van der Waals surface area contributed by atoms with Crippen LogP contribution in [0.25, 0.3) is 22.7 Å². The number of benzene rings is 1. The quantitative estimate of drug-likeness (QED) is 0.454. The molecule has 7 nitrogen and oxygen atoms in total. The lowest BCUT2D eigenvalue weighted by Crippen LogP contribution is -2.22. The van der Waals surface area contributed by atoms with Crippen molar-refractivity contribution in [1.82, 2.24) is 9.55 Å². The van der Waals surface area contributed by atoms with Gasteiger partial charge in [-0.15, -0.1) is 0 Å². The van der Waals surface area contributed by atoms with Gasteiger partial charge in [0.15, 0.2) is 0 Å². The zero-order valence-corrected chi connectivity index (χ0v) is 16.8. The third-order valence-corrected chi connectivity index (χ3v) is 4.47. The van der Waals surface area contributed by atoms with E-state index >= 15 is 0 Å². The first-order valence-corrected chi connectivity index (χ1v) is 9.17. The van der Waals surface area contributed by atoms with Crippen LogP contribution >= 0.6 is 11.6 Å². The predicted octanol–water partition coefficient (Wildman–Crippen LogP) is 3.54. The van der Waals surface area contributed by atoms with Crippen molar-refractivity contribution < 1.29 is 23.5 Å². The zero-order chi connectivity index (χ0) is 21.8. The van der Waals surface area contributed by atoms with Crippen LogP contribution in [0.5, 0.6) is 0 Å². The van der Waals surface area contributed by atoms with Crippen molar-refractivity contribution in [2.24, 2.45) is 0 Å². The van der Waals surface area contributed by atoms with Crippen molar-refractivity contribution in [2.75, 3.05) is 13.7 Å². The number of pyridine rings is 2. The van der Waals surface area contributed by atoms with E-state index in [2.05, 4.69) is 4.98 Å². The zero-order valence-electron chi connectivity index (χ0n) is 16.0. The lowest BCUT2D eigenvalue weighted by molar-refractivity contribution is -0.134. The van der Waals surface area contributed by atoms with E-state index in [4.69, 9.17) is 21.1 Å². The molecule has 9 heteroatoms. The van der Waals surface area contributed by atoms with Gasteiger partial charge in [0.05, 0.1) is 24.3 Å². The van der Waals surface area contributed by atoms with Gasteiger partial charge in [-0.3, -0.25) is 9.78 Å². The molecular formula is C21H16ClFN2O5. The molecule has 0 bridgehead atoms. The highest BCUT2D eigenvalue weighted by molar-refractivity contribution is 6.31. The summed E-state index contributed by atoms with van der Waals surface area (Å²) in [7, 11) is 1.18. The predicted molar refractivity (Wildman–Crippen MR) is 110 cm³/mol. The van der Waals surface area contributed by atoms with Crippen LogP contribution in [0.15, 0.2) is 47.7 Å². The van der Waals surface area contributed by atoms with Gasteiger partial charge in [-0.1, -0.05) is 17.7 Å². The normalized spacial score (nSPS) is 11.4. The van der Waals surface area contributed by atoms with Gasteiger partial charge in [-0.2, -0.15) is 0 Å². The first kappa shape index (κ1) is 21.2. The van der Waals surface area contributed by atoms with E-state index in [0.717, 1.165) is 12.3 Å². The van der Waals surface area contributed by atoms with Crippen molar-refractivity contribution in [3.05, 3.63) is 75.0 Å². The molecule has 0 unspecified atom stereocenters. The molecule has 0 aliphatic heterocycles. The summed E-state index contributed by atoms with van der Waals surface area (Å²) in [5, 5.41) is -0.409. The number of carbonyl (C=O) groups is 2. The van der Waals surface area contributed by atoms with Crippen molar-refractivity contribution in [1.29, 1.82) is 0 Å². The molecule has 3 aromatic rings. The van der Waals surface area contributed by atoms with Crippen LogP contribution in [-0.4, -0.2) is 35.2 Å². The Hall–Kier alpha value is -3.52. The maximum atomic E-state index is 14.1. The minimum absolute atomic E-state index is 0.0284. The Labute approximate surface area is 175 Å². The van der Waals surface area contributed by atoms with E-state index in [1.807, 2.05) is 0 Å². The number of aromatic nitrogens is 2. The fourth-order valence-corrected chi connectivity index (χ4v) is 2.98. The largest absolute Gasteiger partial charge is 0.464 e. The lowest BCUT2D eigenvalue weighted by atomic mass is 10.1. The number of nitrogens with zero attached hydrogens (tertiary/aromatic N) is 2. The lowest BCUT2D eigenvalue weighted by Gasteiger charge is -2.15. The summed E-state index contributed by atoms with van der Waals surface area (Å²) < 4.78 is 25.2. The van der Waals surface area contributed by atoms with Gasteiger partial charge >= 0.3 is 11.9 Å². The average Bonchev–Trinajstić information content (AvgIpc) is 2.74. The average molecular weight is 431 g/mol. The number of esters is 2. The molecule has 154 valence electrons. The Morgan fingerprint density at radius 2 is 2.10 bits per heavy atom. The summed E-state index contributed by atoms with van der Waals surface area (Å²) in [6, 6.07) is 5.47. The molecule has 30 heavy (non-hydrogen) atoms. The van der Waals surface area contributed by atoms with Crippen LogP contribution in [-0.2, 0) is 14.3 Å². The number of fused-ring (bicyclic) bond motifs is 1. The maximum Gasteiger partial charge on any atom is 0.355 e. The van der Waals surface area contributed by atoms with Gasteiger partial charge in [0.1, 0.15) is 17.1 Å². The van der Waals surface area contributed by atoms with E-state index in [0.29, 0.717) is 5.56 Å². The molecule has 0 radical (unpaired) electrons. The van der Waals surface area contributed by atoms with Gasteiger partial charge in [-0.05, 0) is 36.8 Å². The van der Waals surface area contributed by atoms with Crippen LogP contribution < -0.4 is 5.43 Å². The van der Waals surface area contributed by atoms with Gasteiger partial charge < -0.3 is 14.0 Å². The standard InChI is InChI=1S/C21H16ClFN2O5/c1-3-30-20(27)14-11-25(17-9-15(22)16(23)8-13(17)19(14)26)18(21(28)29-2)7-12-5-4-6-24-10-12/h4-11H,3H2,1-2H3/b18-7+. The van der Waals surface area contributed by atoms with Gasteiger partial charge in [0, 0.05) is 24.0 Å². The van der Waals surface area contributed by atoms with E-state index < -0.39 is 23.2 Å². The summed E-state index contributed by atoms with van der Waals surface area (Å²) in [6.07, 6.45) is 5.67. The van der Waals surface area contributed by atoms with Gasteiger partial charge in [-0.25, -0.2) is 14.0 Å². The highest BCUT2D eigenvalue weighted by atomic mass is 35.5. The molecule has 2 aromatic heterocycles. The molecule has 0 amide bonds. The summed E-state index contributed by atoms with van der Waals surface area (Å²) in [6.45, 7) is 1.61. The third kappa shape index (κ3) is 4.08. The van der Waals surface area contributed by atoms with E-state index in [9.17, 15) is 18.8 Å². The first-order chi connectivity index (χ1) is 14.4. The minimum atomic E-state index is -0.904. The molecule has 3 rings (SSSR count). The van der Waals surface area contributed by atoms with E-state index in [-0.39, 0.29) is 33.8 Å². The second kappa shape index (κ2) is 8.87. The van der Waals surface area contributed by atoms with E-state index in [1.165, 1.54) is 30.0 Å². The Balaban J connectivity index is 2.41. The first-order valence-electron chi connectivity index (χ1n) is 8.79. The fourth-order valence-electron chi connectivity index (χ4n) is 2.82. The van der Waals surface area contributed by atoms with Crippen molar-refractivity contribution >= 4 is 46.2 Å². The molecule has 0 saturated carbocycles. The number of rotatable bonds is 5. The maximum absolute atomic E-state index is 14.1. The van der Waals surface area contributed by atoms with Crippen molar-refractivity contribution in [3.63, 3.8) is 0 Å². The summed E-state index contributed by atoms with van der Waals surface area (Å²) >= 11 is 5.91. The topological polar surface area (TPSA) is 87.5 Å².